The van der Waals surface area contributed by atoms with Crippen molar-refractivity contribution in [2.24, 2.45) is 0 Å². The van der Waals surface area contributed by atoms with E-state index in [1.807, 2.05) is 18.2 Å². The average Bonchev–Trinajstić information content (AvgIpc) is 3.66. The van der Waals surface area contributed by atoms with E-state index < -0.39 is 0 Å². The number of para-hydroxylation sites is 2. The van der Waals surface area contributed by atoms with Gasteiger partial charge in [-0.05, 0) is 42.7 Å². The minimum atomic E-state index is -0.232. The molecule has 6 nitrogen and oxygen atoms in total. The smallest absolute Gasteiger partial charge is 0.263 e. The molecule has 8 heteroatoms. The summed E-state index contributed by atoms with van der Waals surface area (Å²) in [5, 5.41) is 10.00. The lowest BCUT2D eigenvalue weighted by Crippen LogP contribution is -2.45. The maximum Gasteiger partial charge on any atom is 0.263 e. The van der Waals surface area contributed by atoms with Crippen LogP contribution in [-0.4, -0.2) is 35.1 Å². The van der Waals surface area contributed by atoms with Crippen LogP contribution in [0.2, 0.25) is 10.0 Å². The number of nitrogens with zero attached hydrogens (tertiary/aromatic N) is 3. The van der Waals surface area contributed by atoms with Crippen LogP contribution in [0.5, 0.6) is 11.5 Å². The minimum absolute atomic E-state index is 0.190. The molecule has 1 aromatic heterocycles. The van der Waals surface area contributed by atoms with Gasteiger partial charge in [-0.15, -0.1) is 0 Å². The third kappa shape index (κ3) is 3.90. The van der Waals surface area contributed by atoms with E-state index in [0.717, 1.165) is 17.9 Å². The van der Waals surface area contributed by atoms with Gasteiger partial charge in [0, 0.05) is 42.6 Å². The first kappa shape index (κ1) is 21.1. The van der Waals surface area contributed by atoms with Crippen LogP contribution < -0.4 is 14.5 Å². The minimum Gasteiger partial charge on any atom is -0.455 e. The summed E-state index contributed by atoms with van der Waals surface area (Å²) in [6.07, 6.45) is 5.45. The van der Waals surface area contributed by atoms with Crippen molar-refractivity contribution < 1.29 is 14.6 Å². The van der Waals surface area contributed by atoms with Crippen LogP contribution in [0.1, 0.15) is 28.8 Å². The monoisotopic (exact) mass is 469 g/mol. The van der Waals surface area contributed by atoms with Gasteiger partial charge >= 0.3 is 0 Å². The number of amides is 1. The Morgan fingerprint density at radius 3 is 2.59 bits per heavy atom. The van der Waals surface area contributed by atoms with Crippen molar-refractivity contribution >= 4 is 40.5 Å². The molecule has 0 radical (unpaired) electrons. The van der Waals surface area contributed by atoms with Crippen LogP contribution >= 0.6 is 23.2 Å². The summed E-state index contributed by atoms with van der Waals surface area (Å²) in [6, 6.07) is 13.3. The molecule has 2 aromatic carbocycles. The zero-order valence-corrected chi connectivity index (χ0v) is 18.7. The molecule has 2 aliphatic rings. The number of hydrogen-bond acceptors (Lipinski definition) is 5. The first-order valence-electron chi connectivity index (χ1n) is 10.4. The van der Waals surface area contributed by atoms with Gasteiger partial charge in [-0.25, -0.2) is 0 Å². The van der Waals surface area contributed by atoms with E-state index in [2.05, 4.69) is 16.0 Å². The summed E-state index contributed by atoms with van der Waals surface area (Å²) >= 11 is 12.5. The normalized spacial score (nSPS) is 15.5. The van der Waals surface area contributed by atoms with E-state index in [1.165, 1.54) is 25.1 Å². The Balaban J connectivity index is 1.47. The standard InChI is InChI=1S/C24H21Cl2N3O3/c25-18-12-23(19(26)11-15(18)14-30)32-22-7-8-27-13-17(22)24(31)29-10-9-28(16-5-6-16)20-3-1-2-4-21(20)29/h1-4,7-8,11-13,16,30H,5-6,9-10,14H2. The quantitative estimate of drug-likeness (QED) is 0.548. The Labute approximate surface area is 196 Å². The third-order valence-electron chi connectivity index (χ3n) is 5.78. The van der Waals surface area contributed by atoms with Crippen LogP contribution in [0, 0.1) is 0 Å². The summed E-state index contributed by atoms with van der Waals surface area (Å²) in [6.45, 7) is 1.14. The number of carbonyl (C=O) groups excluding carboxylic acids is 1. The molecule has 1 aliphatic carbocycles. The van der Waals surface area contributed by atoms with Gasteiger partial charge in [-0.3, -0.25) is 9.78 Å². The summed E-state index contributed by atoms with van der Waals surface area (Å²) in [7, 11) is 0. The van der Waals surface area contributed by atoms with Crippen LogP contribution in [0.25, 0.3) is 0 Å². The van der Waals surface area contributed by atoms with Gasteiger partial charge in [0.2, 0.25) is 0 Å². The molecule has 32 heavy (non-hydrogen) atoms. The molecular weight excluding hydrogens is 449 g/mol. The van der Waals surface area contributed by atoms with E-state index in [4.69, 9.17) is 27.9 Å². The molecule has 164 valence electrons. The number of halogens is 2. The molecule has 0 unspecified atom stereocenters. The van der Waals surface area contributed by atoms with E-state index in [0.29, 0.717) is 40.2 Å². The third-order valence-corrected chi connectivity index (χ3v) is 6.43. The maximum absolute atomic E-state index is 13.6. The highest BCUT2D eigenvalue weighted by Crippen LogP contribution is 2.41. The lowest BCUT2D eigenvalue weighted by molar-refractivity contribution is 0.0984. The topological polar surface area (TPSA) is 65.9 Å². The van der Waals surface area contributed by atoms with Crippen molar-refractivity contribution in [1.29, 1.82) is 0 Å². The average molecular weight is 470 g/mol. The zero-order chi connectivity index (χ0) is 22.2. The number of aliphatic hydroxyl groups is 1. The van der Waals surface area contributed by atoms with Crippen molar-refractivity contribution in [3.8, 4) is 11.5 Å². The predicted octanol–water partition coefficient (Wildman–Crippen LogP) is 5.30. The molecule has 1 aliphatic heterocycles. The highest BCUT2D eigenvalue weighted by molar-refractivity contribution is 6.34. The summed E-state index contributed by atoms with van der Waals surface area (Å²) in [4.78, 5) is 21.9. The van der Waals surface area contributed by atoms with Crippen LogP contribution in [0.15, 0.2) is 54.9 Å². The molecule has 1 N–H and O–H groups in total. The lowest BCUT2D eigenvalue weighted by Gasteiger charge is -2.38. The Morgan fingerprint density at radius 2 is 1.84 bits per heavy atom. The fourth-order valence-corrected chi connectivity index (χ4v) is 4.46. The first-order valence-corrected chi connectivity index (χ1v) is 11.2. The van der Waals surface area contributed by atoms with Crippen LogP contribution in [0.4, 0.5) is 11.4 Å². The largest absolute Gasteiger partial charge is 0.455 e. The van der Waals surface area contributed by atoms with Gasteiger partial charge in [0.1, 0.15) is 17.1 Å². The van der Waals surface area contributed by atoms with Gasteiger partial charge < -0.3 is 19.6 Å². The molecular formula is C24H21Cl2N3O3. The Bertz CT molecular complexity index is 1180. The van der Waals surface area contributed by atoms with E-state index in [-0.39, 0.29) is 17.5 Å². The van der Waals surface area contributed by atoms with Crippen LogP contribution in [-0.2, 0) is 6.61 Å². The molecule has 0 spiro atoms. The molecule has 1 saturated carbocycles. The second-order valence-electron chi connectivity index (χ2n) is 7.88. The SMILES string of the molecule is O=C(c1cnccc1Oc1cc(Cl)c(CO)cc1Cl)N1CCN(C2CC2)c2ccccc21. The van der Waals surface area contributed by atoms with E-state index >= 15 is 0 Å². The zero-order valence-electron chi connectivity index (χ0n) is 17.2. The van der Waals surface area contributed by atoms with Crippen LogP contribution in [0.3, 0.4) is 0 Å². The molecule has 0 atom stereocenters. The Kier molecular flexibility index (Phi) is 5.67. The molecule has 0 bridgehead atoms. The molecule has 1 amide bonds. The highest BCUT2D eigenvalue weighted by atomic mass is 35.5. The van der Waals surface area contributed by atoms with Gasteiger partial charge in [0.15, 0.2) is 0 Å². The Hall–Kier alpha value is -2.80. The maximum atomic E-state index is 13.6. The Morgan fingerprint density at radius 1 is 1.06 bits per heavy atom. The van der Waals surface area contributed by atoms with Gasteiger partial charge in [0.05, 0.1) is 23.0 Å². The predicted molar refractivity (Wildman–Crippen MR) is 125 cm³/mol. The number of rotatable bonds is 5. The highest BCUT2D eigenvalue weighted by Gasteiger charge is 2.36. The van der Waals surface area contributed by atoms with Crippen molar-refractivity contribution in [1.82, 2.24) is 4.98 Å². The second kappa shape index (κ2) is 8.62. The molecule has 2 heterocycles. The number of anilines is 2. The van der Waals surface area contributed by atoms with Crippen molar-refractivity contribution in [3.63, 3.8) is 0 Å². The number of aliphatic hydroxyl groups excluding tert-OH is 1. The van der Waals surface area contributed by atoms with Crippen molar-refractivity contribution in [2.75, 3.05) is 22.9 Å². The lowest BCUT2D eigenvalue weighted by atomic mass is 10.1. The fourth-order valence-electron chi connectivity index (χ4n) is 4.02. The first-order chi connectivity index (χ1) is 15.6. The summed E-state index contributed by atoms with van der Waals surface area (Å²) in [5.74, 6) is 0.445. The van der Waals surface area contributed by atoms with E-state index in [1.54, 1.807) is 23.2 Å². The molecule has 0 saturated heterocycles. The van der Waals surface area contributed by atoms with E-state index in [9.17, 15) is 9.90 Å². The van der Waals surface area contributed by atoms with Gasteiger partial charge in [0.25, 0.3) is 5.91 Å². The van der Waals surface area contributed by atoms with Crippen molar-refractivity contribution in [3.05, 3.63) is 76.0 Å². The van der Waals surface area contributed by atoms with Gasteiger partial charge in [-0.1, -0.05) is 35.3 Å². The van der Waals surface area contributed by atoms with Crippen molar-refractivity contribution in [2.45, 2.75) is 25.5 Å². The van der Waals surface area contributed by atoms with Gasteiger partial charge in [-0.2, -0.15) is 0 Å². The number of pyridine rings is 1. The second-order valence-corrected chi connectivity index (χ2v) is 8.69. The number of carbonyl (C=O) groups is 1. The number of ether oxygens (including phenoxy) is 1. The number of aromatic nitrogens is 1. The molecule has 3 aromatic rings. The number of benzene rings is 2. The number of hydrogen-bond donors (Lipinski definition) is 1. The summed E-state index contributed by atoms with van der Waals surface area (Å²) in [5.41, 5.74) is 2.80. The summed E-state index contributed by atoms with van der Waals surface area (Å²) < 4.78 is 5.99. The molecule has 5 rings (SSSR count). The number of fused-ring (bicyclic) bond motifs is 1. The molecule has 1 fully saturated rings. The fraction of sp³-hybridized carbons (Fsp3) is 0.250.